The van der Waals surface area contributed by atoms with Crippen LogP contribution in [0, 0.1) is 0 Å². The van der Waals surface area contributed by atoms with Crippen LogP contribution in [-0.2, 0) is 12.1 Å². The first kappa shape index (κ1) is 25.8. The zero-order valence-corrected chi connectivity index (χ0v) is 21.8. The van der Waals surface area contributed by atoms with E-state index >= 15 is 0 Å². The van der Waals surface area contributed by atoms with E-state index < -0.39 is 5.60 Å². The van der Waals surface area contributed by atoms with Crippen molar-refractivity contribution in [2.45, 2.75) is 32.9 Å². The minimum atomic E-state index is -0.944. The van der Waals surface area contributed by atoms with Crippen LogP contribution in [0.5, 0.6) is 0 Å². The van der Waals surface area contributed by atoms with E-state index in [1.807, 2.05) is 42.9 Å². The largest absolute Gasteiger partial charge is 0.384 e. The number of piperazine rings is 1. The fraction of sp³-hybridized carbons (Fsp3) is 0.545. The molecule has 9 heteroatoms. The summed E-state index contributed by atoms with van der Waals surface area (Å²) in [4.78, 5) is 14.1. The van der Waals surface area contributed by atoms with E-state index in [1.54, 1.807) is 11.3 Å². The molecular formula is C22H35IN6OS. The number of likely N-dealkylation sites (N-methyl/N-ethyl adjacent to an activating group) is 1. The van der Waals surface area contributed by atoms with Gasteiger partial charge in [0.15, 0.2) is 5.96 Å². The van der Waals surface area contributed by atoms with Gasteiger partial charge in [-0.15, -0.1) is 24.0 Å². The van der Waals surface area contributed by atoms with Crippen LogP contribution >= 0.6 is 35.3 Å². The SMILES string of the molecule is CCNC(=NCc1ccnc(N2CCN(CC)CC2)c1)NCC(C)(O)c1ccsc1.I. The lowest BCUT2D eigenvalue weighted by Crippen LogP contribution is -2.46. The van der Waals surface area contributed by atoms with E-state index in [1.165, 1.54) is 0 Å². The number of thiophene rings is 1. The fourth-order valence-electron chi connectivity index (χ4n) is 3.47. The Balaban J connectivity index is 0.00000341. The van der Waals surface area contributed by atoms with Gasteiger partial charge in [-0.25, -0.2) is 9.98 Å². The fourth-order valence-corrected chi connectivity index (χ4v) is 4.25. The molecule has 0 spiro atoms. The summed E-state index contributed by atoms with van der Waals surface area (Å²) in [5, 5.41) is 21.2. The first-order chi connectivity index (χ1) is 14.5. The number of nitrogens with one attached hydrogen (secondary N) is 2. The van der Waals surface area contributed by atoms with Gasteiger partial charge in [-0.2, -0.15) is 11.3 Å². The van der Waals surface area contributed by atoms with Crippen molar-refractivity contribution in [1.82, 2.24) is 20.5 Å². The van der Waals surface area contributed by atoms with Crippen molar-refractivity contribution in [3.05, 3.63) is 46.3 Å². The van der Waals surface area contributed by atoms with Gasteiger partial charge >= 0.3 is 0 Å². The Bertz CT molecular complexity index is 806. The number of hydrogen-bond donors (Lipinski definition) is 3. The highest BCUT2D eigenvalue weighted by molar-refractivity contribution is 14.0. The lowest BCUT2D eigenvalue weighted by Gasteiger charge is -2.34. The third kappa shape index (κ3) is 7.58. The lowest BCUT2D eigenvalue weighted by atomic mass is 9.99. The standard InChI is InChI=1S/C22H34N6OS.HI/c1-4-23-21(26-17-22(3,29)19-7-13-30-16-19)25-15-18-6-8-24-20(14-18)28-11-9-27(5-2)10-12-28;/h6-8,13-14,16,29H,4-5,9-12,15,17H2,1-3H3,(H2,23,25,26);1H. The van der Waals surface area contributed by atoms with Crippen LogP contribution in [0.4, 0.5) is 5.82 Å². The molecule has 1 aliphatic heterocycles. The highest BCUT2D eigenvalue weighted by atomic mass is 127. The van der Waals surface area contributed by atoms with Crippen molar-refractivity contribution in [2.75, 3.05) is 50.7 Å². The van der Waals surface area contributed by atoms with Crippen molar-refractivity contribution in [2.24, 2.45) is 4.99 Å². The molecule has 0 amide bonds. The molecule has 1 aliphatic rings. The molecule has 2 aromatic rings. The molecule has 0 aliphatic carbocycles. The number of nitrogens with zero attached hydrogens (tertiary/aromatic N) is 4. The maximum Gasteiger partial charge on any atom is 0.191 e. The molecule has 1 saturated heterocycles. The lowest BCUT2D eigenvalue weighted by molar-refractivity contribution is 0.0621. The number of rotatable bonds is 8. The summed E-state index contributed by atoms with van der Waals surface area (Å²) in [5.41, 5.74) is 1.10. The van der Waals surface area contributed by atoms with Crippen LogP contribution in [0.15, 0.2) is 40.1 Å². The van der Waals surface area contributed by atoms with E-state index in [0.29, 0.717) is 19.0 Å². The summed E-state index contributed by atoms with van der Waals surface area (Å²) >= 11 is 1.59. The highest BCUT2D eigenvalue weighted by Crippen LogP contribution is 2.22. The molecule has 3 heterocycles. The van der Waals surface area contributed by atoms with E-state index in [-0.39, 0.29) is 24.0 Å². The second-order valence-electron chi connectivity index (χ2n) is 7.78. The molecule has 1 fully saturated rings. The topological polar surface area (TPSA) is 76.0 Å². The summed E-state index contributed by atoms with van der Waals surface area (Å²) in [6.45, 7) is 13.1. The number of aliphatic imine (C=N–C) groups is 1. The predicted molar refractivity (Wildman–Crippen MR) is 141 cm³/mol. The molecule has 0 aromatic carbocycles. The van der Waals surface area contributed by atoms with Gasteiger partial charge in [0.25, 0.3) is 0 Å². The smallest absolute Gasteiger partial charge is 0.191 e. The van der Waals surface area contributed by atoms with Crippen molar-refractivity contribution in [3.8, 4) is 0 Å². The summed E-state index contributed by atoms with van der Waals surface area (Å²) < 4.78 is 0. The van der Waals surface area contributed by atoms with Crippen molar-refractivity contribution < 1.29 is 5.11 Å². The van der Waals surface area contributed by atoms with Gasteiger partial charge in [-0.3, -0.25) is 0 Å². The van der Waals surface area contributed by atoms with Gasteiger partial charge in [0.2, 0.25) is 0 Å². The first-order valence-electron chi connectivity index (χ1n) is 10.7. The number of guanidine groups is 1. The van der Waals surface area contributed by atoms with E-state index in [4.69, 9.17) is 4.99 Å². The van der Waals surface area contributed by atoms with Crippen molar-refractivity contribution in [3.63, 3.8) is 0 Å². The summed E-state index contributed by atoms with van der Waals surface area (Å²) in [6, 6.07) is 6.10. The Morgan fingerprint density at radius 3 is 2.65 bits per heavy atom. The molecule has 3 rings (SSSR count). The summed E-state index contributed by atoms with van der Waals surface area (Å²) in [5.74, 6) is 1.72. The van der Waals surface area contributed by atoms with Crippen molar-refractivity contribution >= 4 is 47.1 Å². The maximum atomic E-state index is 10.7. The second-order valence-corrected chi connectivity index (χ2v) is 8.56. The molecule has 172 valence electrons. The molecular weight excluding hydrogens is 523 g/mol. The Morgan fingerprint density at radius 1 is 1.23 bits per heavy atom. The quantitative estimate of drug-likeness (QED) is 0.263. The average molecular weight is 559 g/mol. The second kappa shape index (κ2) is 12.6. The zero-order chi connectivity index (χ0) is 21.4. The van der Waals surface area contributed by atoms with E-state index in [2.05, 4.69) is 38.4 Å². The minimum Gasteiger partial charge on any atom is -0.384 e. The molecule has 31 heavy (non-hydrogen) atoms. The van der Waals surface area contributed by atoms with Crippen LogP contribution in [0.25, 0.3) is 0 Å². The third-order valence-electron chi connectivity index (χ3n) is 5.46. The van der Waals surface area contributed by atoms with Gasteiger partial charge in [0.05, 0.1) is 13.1 Å². The van der Waals surface area contributed by atoms with Crippen LogP contribution < -0.4 is 15.5 Å². The number of pyridine rings is 1. The monoisotopic (exact) mass is 558 g/mol. The predicted octanol–water partition coefficient (Wildman–Crippen LogP) is 2.87. The number of anilines is 1. The highest BCUT2D eigenvalue weighted by Gasteiger charge is 2.23. The van der Waals surface area contributed by atoms with Crippen LogP contribution in [0.2, 0.25) is 0 Å². The molecule has 2 aromatic heterocycles. The van der Waals surface area contributed by atoms with Crippen LogP contribution in [-0.4, -0.2) is 66.8 Å². The molecule has 1 unspecified atom stereocenters. The molecule has 0 radical (unpaired) electrons. The average Bonchev–Trinajstić information content (AvgIpc) is 3.32. The van der Waals surface area contributed by atoms with Gasteiger partial charge in [-0.1, -0.05) is 6.92 Å². The minimum absolute atomic E-state index is 0. The molecule has 7 nitrogen and oxygen atoms in total. The Labute approximate surface area is 207 Å². The summed E-state index contributed by atoms with van der Waals surface area (Å²) in [7, 11) is 0. The third-order valence-corrected chi connectivity index (χ3v) is 6.14. The first-order valence-corrected chi connectivity index (χ1v) is 11.7. The number of halogens is 1. The van der Waals surface area contributed by atoms with Gasteiger partial charge in [-0.05, 0) is 60.5 Å². The van der Waals surface area contributed by atoms with E-state index in [0.717, 1.165) is 56.2 Å². The van der Waals surface area contributed by atoms with Gasteiger partial charge in [0, 0.05) is 38.9 Å². The number of aromatic nitrogens is 1. The molecule has 3 N–H and O–H groups in total. The Kier molecular flexibility index (Phi) is 10.5. The van der Waals surface area contributed by atoms with Gasteiger partial charge in [0.1, 0.15) is 11.4 Å². The number of aliphatic hydroxyl groups is 1. The Hall–Kier alpha value is -1.43. The maximum absolute atomic E-state index is 10.7. The molecule has 1 atom stereocenters. The zero-order valence-electron chi connectivity index (χ0n) is 18.7. The van der Waals surface area contributed by atoms with E-state index in [9.17, 15) is 5.11 Å². The van der Waals surface area contributed by atoms with Crippen LogP contribution in [0.1, 0.15) is 31.9 Å². The number of hydrogen-bond acceptors (Lipinski definition) is 6. The summed E-state index contributed by atoms with van der Waals surface area (Å²) in [6.07, 6.45) is 1.87. The molecule has 0 bridgehead atoms. The van der Waals surface area contributed by atoms with Crippen molar-refractivity contribution in [1.29, 1.82) is 0 Å². The normalized spacial score (nSPS) is 17.0. The Morgan fingerprint density at radius 2 is 2.00 bits per heavy atom. The van der Waals surface area contributed by atoms with Crippen LogP contribution in [0.3, 0.4) is 0 Å². The molecule has 0 saturated carbocycles. The van der Waals surface area contributed by atoms with Gasteiger partial charge < -0.3 is 25.5 Å².